The zero-order valence-electron chi connectivity index (χ0n) is 18.7. The fraction of sp³-hybridized carbons (Fsp3) is 0.435. The number of rotatable bonds is 6. The molecule has 0 aliphatic carbocycles. The Labute approximate surface area is 192 Å². The van der Waals surface area contributed by atoms with Crippen molar-refractivity contribution in [2.45, 2.75) is 51.9 Å². The molecule has 2 aromatic rings. The second-order valence-corrected chi connectivity index (χ2v) is 8.19. The first-order valence-electron chi connectivity index (χ1n) is 11.0. The quantitative estimate of drug-likeness (QED) is 0.556. The first-order chi connectivity index (χ1) is 15.8. The highest BCUT2D eigenvalue weighted by Crippen LogP contribution is 2.09. The topological polar surface area (TPSA) is 131 Å². The Bertz CT molecular complexity index is 988. The molecule has 0 fully saturated rings. The summed E-state index contributed by atoms with van der Waals surface area (Å²) in [7, 11) is 0. The largest absolute Gasteiger partial charge is 0.445 e. The summed E-state index contributed by atoms with van der Waals surface area (Å²) in [6, 6.07) is 9.02. The van der Waals surface area contributed by atoms with Crippen LogP contribution in [0.25, 0.3) is 0 Å². The van der Waals surface area contributed by atoms with Crippen LogP contribution in [0.4, 0.5) is 4.79 Å². The van der Waals surface area contributed by atoms with Gasteiger partial charge in [-0.2, -0.15) is 5.10 Å². The molecule has 3 amide bonds. The van der Waals surface area contributed by atoms with Gasteiger partial charge in [-0.3, -0.25) is 19.1 Å². The number of hydrogen-bond donors (Lipinski definition) is 3. The number of aromatic nitrogens is 2. The van der Waals surface area contributed by atoms with Crippen LogP contribution in [0.15, 0.2) is 42.6 Å². The summed E-state index contributed by atoms with van der Waals surface area (Å²) >= 11 is 0. The molecule has 1 aromatic carbocycles. The molecule has 2 atom stereocenters. The molecule has 0 spiro atoms. The number of nitrogens with zero attached hydrogens (tertiary/aromatic N) is 2. The molecular formula is C23H29N5O5. The van der Waals surface area contributed by atoms with E-state index < -0.39 is 35.8 Å². The molecule has 33 heavy (non-hydrogen) atoms. The number of nitrogens with one attached hydrogen (secondary N) is 3. The van der Waals surface area contributed by atoms with Crippen LogP contribution >= 0.6 is 0 Å². The van der Waals surface area contributed by atoms with Gasteiger partial charge in [0.25, 0.3) is 5.91 Å². The number of ether oxygens (including phenoxy) is 1. The standard InChI is InChI=1S/C23H29N5O5/c1-15(2)19(27-23(32)33-14-16-6-4-3-5-7-16)21(30)26-18-10-13-28-17(9-12-25-28)8-11-24-22(31)20(18)29/h3-7,9,12,15,18-19H,8,10-11,13-14H2,1-2H3,(H,24,31)(H,26,30)(H,27,32). The second-order valence-electron chi connectivity index (χ2n) is 8.19. The molecule has 1 aliphatic heterocycles. The minimum Gasteiger partial charge on any atom is -0.445 e. The van der Waals surface area contributed by atoms with Crippen molar-refractivity contribution in [3.8, 4) is 0 Å². The number of carbonyl (C=O) groups is 4. The molecule has 10 nitrogen and oxygen atoms in total. The average molecular weight is 456 g/mol. The van der Waals surface area contributed by atoms with Crippen molar-refractivity contribution in [1.29, 1.82) is 0 Å². The highest BCUT2D eigenvalue weighted by molar-refractivity contribution is 6.38. The van der Waals surface area contributed by atoms with Crippen molar-refractivity contribution in [2.24, 2.45) is 5.92 Å². The Morgan fingerprint density at radius 3 is 2.70 bits per heavy atom. The summed E-state index contributed by atoms with van der Waals surface area (Å²) in [6.45, 7) is 4.25. The third kappa shape index (κ3) is 6.64. The minimum absolute atomic E-state index is 0.0621. The van der Waals surface area contributed by atoms with Crippen LogP contribution in [0.1, 0.15) is 31.5 Å². The predicted octanol–water partition coefficient (Wildman–Crippen LogP) is 0.950. The van der Waals surface area contributed by atoms with Gasteiger partial charge in [-0.1, -0.05) is 44.2 Å². The lowest BCUT2D eigenvalue weighted by atomic mass is 10.0. The maximum absolute atomic E-state index is 13.0. The molecule has 0 saturated heterocycles. The van der Waals surface area contributed by atoms with Crippen LogP contribution in [0.3, 0.4) is 0 Å². The van der Waals surface area contributed by atoms with Crippen molar-refractivity contribution in [2.75, 3.05) is 6.54 Å². The Morgan fingerprint density at radius 1 is 1.21 bits per heavy atom. The van der Waals surface area contributed by atoms with E-state index in [1.54, 1.807) is 24.7 Å². The maximum Gasteiger partial charge on any atom is 0.408 e. The van der Waals surface area contributed by atoms with Crippen molar-refractivity contribution in [3.05, 3.63) is 53.9 Å². The number of carbonyl (C=O) groups excluding carboxylic acids is 4. The molecule has 3 N–H and O–H groups in total. The summed E-state index contributed by atoms with van der Waals surface area (Å²) in [4.78, 5) is 50.2. The Kier molecular flexibility index (Phi) is 8.17. The van der Waals surface area contributed by atoms with E-state index in [1.165, 1.54) is 0 Å². The Balaban J connectivity index is 1.64. The van der Waals surface area contributed by atoms with Crippen LogP contribution in [-0.2, 0) is 38.7 Å². The summed E-state index contributed by atoms with van der Waals surface area (Å²) in [5, 5.41) is 12.0. The number of alkyl carbamates (subject to hydrolysis) is 1. The van der Waals surface area contributed by atoms with E-state index in [0.717, 1.165) is 11.3 Å². The molecule has 10 heteroatoms. The molecule has 3 rings (SSSR count). The number of fused-ring (bicyclic) bond motifs is 1. The van der Waals surface area contributed by atoms with Gasteiger partial charge in [0, 0.05) is 31.4 Å². The van der Waals surface area contributed by atoms with E-state index in [-0.39, 0.29) is 18.9 Å². The SMILES string of the molecule is CC(C)C(NC(=O)OCc1ccccc1)C(=O)NC1CCn2nccc2CCNC(=O)C1=O. The van der Waals surface area contributed by atoms with E-state index in [4.69, 9.17) is 4.74 Å². The second kappa shape index (κ2) is 11.3. The first kappa shape index (κ1) is 24.0. The summed E-state index contributed by atoms with van der Waals surface area (Å²) in [5.41, 5.74) is 1.74. The monoisotopic (exact) mass is 455 g/mol. The fourth-order valence-corrected chi connectivity index (χ4v) is 3.53. The molecule has 1 aromatic heterocycles. The van der Waals surface area contributed by atoms with E-state index in [2.05, 4.69) is 21.0 Å². The maximum atomic E-state index is 13.0. The van der Waals surface area contributed by atoms with Crippen LogP contribution < -0.4 is 16.0 Å². The molecular weight excluding hydrogens is 426 g/mol. The Hall–Kier alpha value is -3.69. The van der Waals surface area contributed by atoms with Crippen LogP contribution in [0.2, 0.25) is 0 Å². The van der Waals surface area contributed by atoms with Gasteiger partial charge in [0.15, 0.2) is 0 Å². The van der Waals surface area contributed by atoms with Gasteiger partial charge < -0.3 is 20.7 Å². The minimum atomic E-state index is -1.05. The lowest BCUT2D eigenvalue weighted by Gasteiger charge is -2.25. The van der Waals surface area contributed by atoms with Gasteiger partial charge in [-0.05, 0) is 24.0 Å². The van der Waals surface area contributed by atoms with Gasteiger partial charge in [-0.25, -0.2) is 4.79 Å². The number of ketones is 1. The number of hydrogen-bond acceptors (Lipinski definition) is 6. The number of aryl methyl sites for hydroxylation is 1. The molecule has 2 heterocycles. The number of benzene rings is 1. The van der Waals surface area contributed by atoms with Crippen molar-refractivity contribution in [3.63, 3.8) is 0 Å². The number of Topliss-reactive ketones (excluding diaryl/α,β-unsaturated/α-hetero) is 1. The third-order valence-corrected chi connectivity index (χ3v) is 5.39. The van der Waals surface area contributed by atoms with Gasteiger partial charge in [-0.15, -0.1) is 0 Å². The molecule has 1 aliphatic rings. The van der Waals surface area contributed by atoms with Gasteiger partial charge in [0.05, 0.1) is 6.04 Å². The highest BCUT2D eigenvalue weighted by atomic mass is 16.5. The van der Waals surface area contributed by atoms with Crippen molar-refractivity contribution >= 4 is 23.7 Å². The van der Waals surface area contributed by atoms with E-state index in [0.29, 0.717) is 19.5 Å². The summed E-state index contributed by atoms with van der Waals surface area (Å²) < 4.78 is 6.96. The van der Waals surface area contributed by atoms with E-state index in [1.807, 2.05) is 36.4 Å². The average Bonchev–Trinajstić information content (AvgIpc) is 3.25. The molecule has 0 radical (unpaired) electrons. The van der Waals surface area contributed by atoms with E-state index in [9.17, 15) is 19.2 Å². The summed E-state index contributed by atoms with van der Waals surface area (Å²) in [5.74, 6) is -2.32. The van der Waals surface area contributed by atoms with Gasteiger partial charge >= 0.3 is 6.09 Å². The van der Waals surface area contributed by atoms with E-state index >= 15 is 0 Å². The smallest absolute Gasteiger partial charge is 0.408 e. The van der Waals surface area contributed by atoms with Crippen LogP contribution in [0, 0.1) is 5.92 Å². The highest BCUT2D eigenvalue weighted by Gasteiger charge is 2.32. The van der Waals surface area contributed by atoms with Gasteiger partial charge in [0.2, 0.25) is 11.7 Å². The fourth-order valence-electron chi connectivity index (χ4n) is 3.53. The predicted molar refractivity (Wildman–Crippen MR) is 119 cm³/mol. The Morgan fingerprint density at radius 2 is 1.97 bits per heavy atom. The molecule has 0 saturated carbocycles. The van der Waals surface area contributed by atoms with Crippen LogP contribution in [-0.4, -0.2) is 52.1 Å². The lowest BCUT2D eigenvalue weighted by molar-refractivity contribution is -0.140. The normalized spacial score (nSPS) is 17.5. The van der Waals surface area contributed by atoms with Crippen molar-refractivity contribution < 1.29 is 23.9 Å². The number of amides is 3. The van der Waals surface area contributed by atoms with Gasteiger partial charge in [0.1, 0.15) is 12.6 Å². The molecule has 0 bridgehead atoms. The zero-order chi connectivity index (χ0) is 23.8. The zero-order valence-corrected chi connectivity index (χ0v) is 18.7. The third-order valence-electron chi connectivity index (χ3n) is 5.39. The molecule has 176 valence electrons. The lowest BCUT2D eigenvalue weighted by Crippen LogP contribution is -2.56. The summed E-state index contributed by atoms with van der Waals surface area (Å²) in [6.07, 6.45) is 1.66. The first-order valence-corrected chi connectivity index (χ1v) is 11.0. The molecule has 2 unspecified atom stereocenters. The van der Waals surface area contributed by atoms with Crippen molar-refractivity contribution in [1.82, 2.24) is 25.7 Å². The van der Waals surface area contributed by atoms with Crippen LogP contribution in [0.5, 0.6) is 0 Å².